The van der Waals surface area contributed by atoms with Gasteiger partial charge in [-0.2, -0.15) is 0 Å². The van der Waals surface area contributed by atoms with Crippen LogP contribution < -0.4 is 0 Å². The lowest BCUT2D eigenvalue weighted by atomic mass is 9.78. The number of amides is 2. The van der Waals surface area contributed by atoms with Gasteiger partial charge in [0.15, 0.2) is 0 Å². The van der Waals surface area contributed by atoms with Crippen molar-refractivity contribution in [3.05, 3.63) is 24.3 Å². The molecule has 2 fully saturated rings. The molecule has 6 atom stereocenters. The van der Waals surface area contributed by atoms with E-state index < -0.39 is 35.6 Å². The van der Waals surface area contributed by atoms with Gasteiger partial charge in [0.25, 0.3) is 0 Å². The fourth-order valence-corrected chi connectivity index (χ4v) is 5.44. The number of aliphatic hydroxyl groups is 1. The van der Waals surface area contributed by atoms with Gasteiger partial charge in [-0.3, -0.25) is 14.4 Å². The maximum atomic E-state index is 13.8. The molecule has 2 unspecified atom stereocenters. The molecule has 0 saturated carbocycles. The number of fused-ring (bicyclic) bond motifs is 2. The number of nitrogens with zero attached hydrogens (tertiary/aromatic N) is 2. The van der Waals surface area contributed by atoms with E-state index in [9.17, 15) is 19.5 Å². The number of carbonyl (C=O) groups excluding carboxylic acids is 3. The second-order valence-corrected chi connectivity index (χ2v) is 8.54. The third-order valence-corrected chi connectivity index (χ3v) is 6.74. The van der Waals surface area contributed by atoms with Crippen LogP contribution in [0.4, 0.5) is 0 Å². The minimum Gasteiger partial charge on any atom is -0.461 e. The molecule has 0 aliphatic carbocycles. The number of likely N-dealkylation sites (tertiary alicyclic amines) is 1. The van der Waals surface area contributed by atoms with E-state index in [2.05, 4.69) is 6.92 Å². The average Bonchev–Trinajstić information content (AvgIpc) is 3.01. The first kappa shape index (κ1) is 21.1. The number of hydrogen-bond acceptors (Lipinski definition) is 6. The zero-order chi connectivity index (χ0) is 21.5. The Hall–Kier alpha value is -2.19. The number of esters is 1. The summed E-state index contributed by atoms with van der Waals surface area (Å²) in [5, 5.41) is 9.35. The van der Waals surface area contributed by atoms with Gasteiger partial charge in [-0.05, 0) is 25.8 Å². The predicted molar refractivity (Wildman–Crippen MR) is 107 cm³/mol. The summed E-state index contributed by atoms with van der Waals surface area (Å²) in [5.74, 6) is -2.51. The molecule has 4 aliphatic rings. The van der Waals surface area contributed by atoms with E-state index in [1.165, 1.54) is 4.90 Å². The number of cyclic esters (lactones) is 1. The summed E-state index contributed by atoms with van der Waals surface area (Å²) in [4.78, 5) is 43.4. The van der Waals surface area contributed by atoms with Gasteiger partial charge in [0.2, 0.25) is 11.8 Å². The Labute approximate surface area is 176 Å². The summed E-state index contributed by atoms with van der Waals surface area (Å²) in [5.41, 5.74) is -1.21. The highest BCUT2D eigenvalue weighted by Crippen LogP contribution is 2.53. The highest BCUT2D eigenvalue weighted by atomic mass is 16.6. The smallest absolute Gasteiger partial charge is 0.313 e. The molecule has 0 aromatic carbocycles. The molecule has 8 nitrogen and oxygen atoms in total. The van der Waals surface area contributed by atoms with Gasteiger partial charge < -0.3 is 24.4 Å². The Morgan fingerprint density at radius 2 is 2.07 bits per heavy atom. The maximum Gasteiger partial charge on any atom is 0.313 e. The SMILES string of the molecule is CCCC(C)N1CC=C[C@]23O[C@@H]4C=CCOC(=O)[C@@H]4[C@H]2C(=O)N(CCCO)C3C1=O. The van der Waals surface area contributed by atoms with Crippen LogP contribution in [-0.4, -0.2) is 82.8 Å². The summed E-state index contributed by atoms with van der Waals surface area (Å²) in [6.45, 7) is 4.82. The lowest BCUT2D eigenvalue weighted by Crippen LogP contribution is -2.56. The summed E-state index contributed by atoms with van der Waals surface area (Å²) in [7, 11) is 0. The van der Waals surface area contributed by atoms with Crippen LogP contribution in [0, 0.1) is 11.8 Å². The molecule has 0 bridgehead atoms. The van der Waals surface area contributed by atoms with Crippen molar-refractivity contribution in [2.75, 3.05) is 26.3 Å². The Morgan fingerprint density at radius 3 is 2.80 bits per heavy atom. The van der Waals surface area contributed by atoms with Crippen LogP contribution in [-0.2, 0) is 23.9 Å². The van der Waals surface area contributed by atoms with E-state index in [0.29, 0.717) is 13.0 Å². The molecule has 1 N–H and O–H groups in total. The first-order valence-corrected chi connectivity index (χ1v) is 10.9. The van der Waals surface area contributed by atoms with Crippen molar-refractivity contribution in [1.82, 2.24) is 9.80 Å². The van der Waals surface area contributed by atoms with Gasteiger partial charge in [0.1, 0.15) is 24.2 Å². The quantitative estimate of drug-likeness (QED) is 0.503. The van der Waals surface area contributed by atoms with Crippen molar-refractivity contribution >= 4 is 17.8 Å². The number of carbonyl (C=O) groups is 3. The monoisotopic (exact) mass is 418 g/mol. The standard InChI is InChI=1S/C22H30N2O6/c1-3-7-14(2)23-10-5-9-22-17(16-15(30-22)8-4-13-29-21(16)28)19(26)24(11-6-12-25)18(22)20(23)27/h4-5,8-9,14-18,25H,3,6-7,10-13H2,1-2H3/t14?,15-,16+,17+,18?,22+/m1/s1. The van der Waals surface area contributed by atoms with E-state index in [0.717, 1.165) is 12.8 Å². The zero-order valence-corrected chi connectivity index (χ0v) is 17.5. The minimum atomic E-state index is -1.21. The first-order chi connectivity index (χ1) is 14.5. The Kier molecular flexibility index (Phi) is 5.72. The topological polar surface area (TPSA) is 96.4 Å². The maximum absolute atomic E-state index is 13.8. The highest BCUT2D eigenvalue weighted by molar-refractivity contribution is 5.99. The Morgan fingerprint density at radius 1 is 1.27 bits per heavy atom. The third-order valence-electron chi connectivity index (χ3n) is 6.74. The molecule has 4 rings (SSSR count). The highest BCUT2D eigenvalue weighted by Gasteiger charge is 2.71. The lowest BCUT2D eigenvalue weighted by molar-refractivity contribution is -0.153. The Bertz CT molecular complexity index is 780. The van der Waals surface area contributed by atoms with E-state index in [1.54, 1.807) is 17.1 Å². The van der Waals surface area contributed by atoms with E-state index in [4.69, 9.17) is 9.47 Å². The van der Waals surface area contributed by atoms with Crippen molar-refractivity contribution in [2.45, 2.75) is 56.9 Å². The van der Waals surface area contributed by atoms with Crippen LogP contribution >= 0.6 is 0 Å². The van der Waals surface area contributed by atoms with Crippen LogP contribution in [0.25, 0.3) is 0 Å². The van der Waals surface area contributed by atoms with Crippen LogP contribution in [0.3, 0.4) is 0 Å². The fraction of sp³-hybridized carbons (Fsp3) is 0.682. The number of ether oxygens (including phenoxy) is 2. The first-order valence-electron chi connectivity index (χ1n) is 10.9. The van der Waals surface area contributed by atoms with E-state index in [-0.39, 0.29) is 37.6 Å². The largest absolute Gasteiger partial charge is 0.461 e. The van der Waals surface area contributed by atoms with Crippen LogP contribution in [0.15, 0.2) is 24.3 Å². The fourth-order valence-electron chi connectivity index (χ4n) is 5.44. The predicted octanol–water partition coefficient (Wildman–Crippen LogP) is 0.650. The van der Waals surface area contributed by atoms with E-state index >= 15 is 0 Å². The molecular weight excluding hydrogens is 388 g/mol. The summed E-state index contributed by atoms with van der Waals surface area (Å²) < 4.78 is 11.7. The third kappa shape index (κ3) is 3.08. The summed E-state index contributed by atoms with van der Waals surface area (Å²) in [6, 6.07) is -0.833. The number of rotatable bonds is 6. The van der Waals surface area contributed by atoms with Crippen LogP contribution in [0.1, 0.15) is 33.1 Å². The van der Waals surface area contributed by atoms with Gasteiger partial charge in [-0.25, -0.2) is 0 Å². The van der Waals surface area contributed by atoms with Gasteiger partial charge in [-0.1, -0.05) is 31.6 Å². The van der Waals surface area contributed by atoms with Gasteiger partial charge >= 0.3 is 5.97 Å². The van der Waals surface area contributed by atoms with Crippen LogP contribution in [0.2, 0.25) is 0 Å². The second kappa shape index (κ2) is 8.15. The average molecular weight is 418 g/mol. The molecule has 2 amide bonds. The van der Waals surface area contributed by atoms with Crippen molar-refractivity contribution in [3.8, 4) is 0 Å². The zero-order valence-electron chi connectivity index (χ0n) is 17.5. The molecule has 0 aromatic rings. The molecule has 4 aliphatic heterocycles. The molecular formula is C22H30N2O6. The Balaban J connectivity index is 1.78. The second-order valence-electron chi connectivity index (χ2n) is 8.54. The molecule has 2 saturated heterocycles. The molecule has 1 spiro atoms. The van der Waals surface area contributed by atoms with Gasteiger partial charge in [-0.15, -0.1) is 0 Å². The number of hydrogen-bond donors (Lipinski definition) is 1. The molecule has 164 valence electrons. The number of aliphatic hydroxyl groups excluding tert-OH is 1. The molecule has 0 aromatic heterocycles. The molecule has 0 radical (unpaired) electrons. The summed E-state index contributed by atoms with van der Waals surface area (Å²) in [6.07, 6.45) is 8.75. The molecule has 8 heteroatoms. The van der Waals surface area contributed by atoms with Crippen molar-refractivity contribution in [1.29, 1.82) is 0 Å². The lowest BCUT2D eigenvalue weighted by Gasteiger charge is -2.37. The van der Waals surface area contributed by atoms with Crippen molar-refractivity contribution < 1.29 is 29.0 Å². The van der Waals surface area contributed by atoms with Gasteiger partial charge in [0.05, 0.1) is 12.0 Å². The molecule has 30 heavy (non-hydrogen) atoms. The van der Waals surface area contributed by atoms with Crippen molar-refractivity contribution in [2.24, 2.45) is 11.8 Å². The van der Waals surface area contributed by atoms with Crippen molar-refractivity contribution in [3.63, 3.8) is 0 Å². The van der Waals surface area contributed by atoms with E-state index in [1.807, 2.05) is 19.1 Å². The minimum absolute atomic E-state index is 0.0212. The summed E-state index contributed by atoms with van der Waals surface area (Å²) >= 11 is 0. The van der Waals surface area contributed by atoms with Crippen LogP contribution in [0.5, 0.6) is 0 Å². The van der Waals surface area contributed by atoms with Gasteiger partial charge in [0, 0.05) is 25.7 Å². The normalized spacial score (nSPS) is 36.2. The molecule has 4 heterocycles.